The van der Waals surface area contributed by atoms with E-state index in [1.807, 2.05) is 0 Å². The zero-order valence-corrected chi connectivity index (χ0v) is 8.52. The summed E-state index contributed by atoms with van der Waals surface area (Å²) < 4.78 is 14.2. The molecule has 0 unspecified atom stereocenters. The molecule has 0 spiro atoms. The number of carboxylic acids is 1. The molecule has 1 aromatic carbocycles. The molecule has 0 atom stereocenters. The Labute approximate surface area is 94.1 Å². The average molecular weight is 242 g/mol. The quantitative estimate of drug-likeness (QED) is 0.870. The van der Waals surface area contributed by atoms with Crippen molar-refractivity contribution >= 4 is 17.6 Å². The van der Waals surface area contributed by atoms with Crippen LogP contribution in [-0.4, -0.2) is 26.1 Å². The van der Waals surface area contributed by atoms with E-state index < -0.39 is 11.8 Å². The second-order valence-corrected chi connectivity index (χ2v) is 3.42. The van der Waals surface area contributed by atoms with Gasteiger partial charge in [-0.2, -0.15) is 0 Å². The third-order valence-electron chi connectivity index (χ3n) is 1.82. The lowest BCUT2D eigenvalue weighted by Crippen LogP contribution is -1.96. The maximum atomic E-state index is 13.0. The van der Waals surface area contributed by atoms with Crippen LogP contribution in [0.25, 0.3) is 5.69 Å². The van der Waals surface area contributed by atoms with Crippen molar-refractivity contribution in [1.82, 2.24) is 15.0 Å². The minimum Gasteiger partial charge on any atom is -0.476 e. The van der Waals surface area contributed by atoms with Gasteiger partial charge in [0, 0.05) is 5.02 Å². The largest absolute Gasteiger partial charge is 0.476 e. The number of carbonyl (C=O) groups is 1. The Morgan fingerprint density at radius 3 is 2.75 bits per heavy atom. The molecule has 82 valence electrons. The Morgan fingerprint density at radius 2 is 2.19 bits per heavy atom. The third-order valence-corrected chi connectivity index (χ3v) is 2.04. The van der Waals surface area contributed by atoms with Crippen molar-refractivity contribution in [2.75, 3.05) is 0 Å². The molecule has 2 rings (SSSR count). The van der Waals surface area contributed by atoms with Gasteiger partial charge in [0.05, 0.1) is 11.9 Å². The fourth-order valence-corrected chi connectivity index (χ4v) is 1.38. The van der Waals surface area contributed by atoms with E-state index in [4.69, 9.17) is 16.7 Å². The average Bonchev–Trinajstić information content (AvgIpc) is 2.64. The Kier molecular flexibility index (Phi) is 2.57. The first-order valence-corrected chi connectivity index (χ1v) is 4.56. The second kappa shape index (κ2) is 3.90. The zero-order valence-electron chi connectivity index (χ0n) is 7.76. The number of halogens is 2. The van der Waals surface area contributed by atoms with Gasteiger partial charge in [0.25, 0.3) is 0 Å². The molecular formula is C9H5ClFN3O2. The fourth-order valence-electron chi connectivity index (χ4n) is 1.16. The van der Waals surface area contributed by atoms with Crippen molar-refractivity contribution in [3.8, 4) is 5.69 Å². The molecule has 0 aliphatic heterocycles. The van der Waals surface area contributed by atoms with Crippen molar-refractivity contribution in [3.05, 3.63) is 40.9 Å². The van der Waals surface area contributed by atoms with Gasteiger partial charge in [-0.05, 0) is 18.2 Å². The van der Waals surface area contributed by atoms with Crippen molar-refractivity contribution < 1.29 is 14.3 Å². The molecule has 0 saturated carbocycles. The molecule has 0 aliphatic carbocycles. The van der Waals surface area contributed by atoms with Gasteiger partial charge in [0.1, 0.15) is 5.82 Å². The molecule has 1 heterocycles. The lowest BCUT2D eigenvalue weighted by atomic mass is 10.3. The van der Waals surface area contributed by atoms with Gasteiger partial charge in [-0.1, -0.05) is 16.8 Å². The van der Waals surface area contributed by atoms with Gasteiger partial charge in [0.2, 0.25) is 0 Å². The Morgan fingerprint density at radius 1 is 1.44 bits per heavy atom. The monoisotopic (exact) mass is 241 g/mol. The van der Waals surface area contributed by atoms with Crippen LogP contribution in [-0.2, 0) is 0 Å². The van der Waals surface area contributed by atoms with Crippen molar-refractivity contribution in [1.29, 1.82) is 0 Å². The maximum Gasteiger partial charge on any atom is 0.358 e. The van der Waals surface area contributed by atoms with Crippen LogP contribution in [0.4, 0.5) is 4.39 Å². The second-order valence-electron chi connectivity index (χ2n) is 2.98. The Bertz CT molecular complexity index is 535. The summed E-state index contributed by atoms with van der Waals surface area (Å²) >= 11 is 5.65. The highest BCUT2D eigenvalue weighted by molar-refractivity contribution is 6.30. The summed E-state index contributed by atoms with van der Waals surface area (Å²) in [6, 6.07) is 3.76. The van der Waals surface area contributed by atoms with Crippen molar-refractivity contribution in [3.63, 3.8) is 0 Å². The molecule has 0 amide bonds. The highest BCUT2D eigenvalue weighted by atomic mass is 35.5. The van der Waals surface area contributed by atoms with E-state index in [1.165, 1.54) is 18.3 Å². The molecule has 0 radical (unpaired) electrons. The normalized spacial score (nSPS) is 10.4. The summed E-state index contributed by atoms with van der Waals surface area (Å²) in [4.78, 5) is 10.6. The number of benzene rings is 1. The first-order chi connectivity index (χ1) is 7.56. The van der Waals surface area contributed by atoms with E-state index in [1.54, 1.807) is 0 Å². The standard InChI is InChI=1S/C9H5ClFN3O2/c10-5-1-6(11)3-7(2-5)14-4-8(9(15)16)12-13-14/h1-4H,(H,15,16). The molecule has 1 aromatic heterocycles. The lowest BCUT2D eigenvalue weighted by Gasteiger charge is -2.00. The predicted molar refractivity (Wildman–Crippen MR) is 53.3 cm³/mol. The van der Waals surface area contributed by atoms with E-state index in [0.717, 1.165) is 10.7 Å². The van der Waals surface area contributed by atoms with Gasteiger partial charge in [-0.25, -0.2) is 13.9 Å². The van der Waals surface area contributed by atoms with Gasteiger partial charge in [-0.3, -0.25) is 0 Å². The van der Waals surface area contributed by atoms with Crippen LogP contribution in [0.2, 0.25) is 5.02 Å². The SMILES string of the molecule is O=C(O)c1cn(-c2cc(F)cc(Cl)c2)nn1. The molecule has 5 nitrogen and oxygen atoms in total. The Balaban J connectivity index is 2.46. The summed E-state index contributed by atoms with van der Waals surface area (Å²) in [5, 5.41) is 15.8. The Hall–Kier alpha value is -1.95. The number of rotatable bonds is 2. The summed E-state index contributed by atoms with van der Waals surface area (Å²) in [6.45, 7) is 0. The van der Waals surface area contributed by atoms with Crippen LogP contribution < -0.4 is 0 Å². The zero-order chi connectivity index (χ0) is 11.7. The number of aromatic carboxylic acids is 1. The number of carboxylic acid groups (broad SMARTS) is 1. The van der Waals surface area contributed by atoms with Crippen LogP contribution in [0.3, 0.4) is 0 Å². The van der Waals surface area contributed by atoms with Gasteiger partial charge >= 0.3 is 5.97 Å². The number of aromatic nitrogens is 3. The fraction of sp³-hybridized carbons (Fsp3) is 0. The van der Waals surface area contributed by atoms with Crippen LogP contribution in [0.5, 0.6) is 0 Å². The highest BCUT2D eigenvalue weighted by Crippen LogP contribution is 2.16. The first-order valence-electron chi connectivity index (χ1n) is 4.18. The number of nitrogens with zero attached hydrogens (tertiary/aromatic N) is 3. The molecule has 1 N–H and O–H groups in total. The van der Waals surface area contributed by atoms with Gasteiger partial charge < -0.3 is 5.11 Å². The lowest BCUT2D eigenvalue weighted by molar-refractivity contribution is 0.0690. The van der Waals surface area contributed by atoms with E-state index in [0.29, 0.717) is 5.69 Å². The predicted octanol–water partition coefficient (Wildman–Crippen LogP) is 1.76. The maximum absolute atomic E-state index is 13.0. The minimum absolute atomic E-state index is 0.197. The summed E-state index contributed by atoms with van der Waals surface area (Å²) in [6.07, 6.45) is 1.17. The molecule has 2 aromatic rings. The van der Waals surface area contributed by atoms with Gasteiger partial charge in [-0.15, -0.1) is 5.10 Å². The first kappa shape index (κ1) is 10.6. The number of hydrogen-bond acceptors (Lipinski definition) is 3. The topological polar surface area (TPSA) is 68.0 Å². The van der Waals surface area contributed by atoms with Crippen LogP contribution in [0, 0.1) is 5.82 Å². The van der Waals surface area contributed by atoms with E-state index in [-0.39, 0.29) is 10.7 Å². The molecule has 0 saturated heterocycles. The number of hydrogen-bond donors (Lipinski definition) is 1. The van der Waals surface area contributed by atoms with Crippen molar-refractivity contribution in [2.45, 2.75) is 0 Å². The molecular weight excluding hydrogens is 237 g/mol. The van der Waals surface area contributed by atoms with Crippen molar-refractivity contribution in [2.24, 2.45) is 0 Å². The summed E-state index contributed by atoms with van der Waals surface area (Å²) in [5.74, 6) is -1.73. The molecule has 7 heteroatoms. The molecule has 16 heavy (non-hydrogen) atoms. The smallest absolute Gasteiger partial charge is 0.358 e. The third kappa shape index (κ3) is 2.01. The van der Waals surface area contributed by atoms with Crippen LogP contribution in [0.15, 0.2) is 24.4 Å². The molecule has 0 bridgehead atoms. The van der Waals surface area contributed by atoms with E-state index in [2.05, 4.69) is 10.3 Å². The van der Waals surface area contributed by atoms with Crippen LogP contribution in [0.1, 0.15) is 10.5 Å². The molecule has 0 aliphatic rings. The molecule has 0 fully saturated rings. The summed E-state index contributed by atoms with van der Waals surface area (Å²) in [7, 11) is 0. The van der Waals surface area contributed by atoms with Gasteiger partial charge in [0.15, 0.2) is 5.69 Å². The van der Waals surface area contributed by atoms with Crippen LogP contribution >= 0.6 is 11.6 Å². The van der Waals surface area contributed by atoms with E-state index in [9.17, 15) is 9.18 Å². The minimum atomic E-state index is -1.20. The van der Waals surface area contributed by atoms with E-state index >= 15 is 0 Å². The highest BCUT2D eigenvalue weighted by Gasteiger charge is 2.10. The summed E-state index contributed by atoms with van der Waals surface area (Å²) in [5.41, 5.74) is 0.0883.